The Kier molecular flexibility index (Phi) is 3.59. The summed E-state index contributed by atoms with van der Waals surface area (Å²) in [6.07, 6.45) is 3.32. The molecular formula is C15H19NOS. The van der Waals surface area contributed by atoms with Gasteiger partial charge in [-0.1, -0.05) is 30.3 Å². The second kappa shape index (κ2) is 5.35. The maximum atomic E-state index is 12.1. The van der Waals surface area contributed by atoms with Crippen LogP contribution in [0.15, 0.2) is 30.3 Å². The first-order chi connectivity index (χ1) is 8.84. The minimum Gasteiger partial charge on any atom is -0.342 e. The Morgan fingerprint density at radius 1 is 1.11 bits per heavy atom. The second-order valence-electron chi connectivity index (χ2n) is 5.16. The van der Waals surface area contributed by atoms with E-state index in [1.807, 2.05) is 11.8 Å². The highest BCUT2D eigenvalue weighted by atomic mass is 32.2. The number of thioether (sulfide) groups is 1. The van der Waals surface area contributed by atoms with Crippen LogP contribution >= 0.6 is 11.8 Å². The standard InChI is InChI=1S/C15H19NOS/c17-15(13-6-7-13)16-9-8-14(18-11-10-16)12-4-2-1-3-5-12/h1-5,13-14H,6-11H2/t14-/m1/s1. The normalized spacial score (nSPS) is 24.7. The van der Waals surface area contributed by atoms with Crippen LogP contribution in [0.3, 0.4) is 0 Å². The van der Waals surface area contributed by atoms with Crippen LogP contribution in [0.25, 0.3) is 0 Å². The van der Waals surface area contributed by atoms with Crippen molar-refractivity contribution in [2.45, 2.75) is 24.5 Å². The smallest absolute Gasteiger partial charge is 0.225 e. The van der Waals surface area contributed by atoms with Crippen molar-refractivity contribution in [2.75, 3.05) is 18.8 Å². The van der Waals surface area contributed by atoms with Gasteiger partial charge in [0.05, 0.1) is 0 Å². The van der Waals surface area contributed by atoms with Gasteiger partial charge in [0.2, 0.25) is 5.91 Å². The Hall–Kier alpha value is -0.960. The van der Waals surface area contributed by atoms with Gasteiger partial charge in [-0.2, -0.15) is 11.8 Å². The van der Waals surface area contributed by atoms with Gasteiger partial charge >= 0.3 is 0 Å². The first kappa shape index (κ1) is 12.1. The van der Waals surface area contributed by atoms with E-state index in [9.17, 15) is 4.79 Å². The summed E-state index contributed by atoms with van der Waals surface area (Å²) in [5.41, 5.74) is 1.41. The predicted octanol–water partition coefficient (Wildman–Crippen LogP) is 3.10. The number of benzene rings is 1. The van der Waals surface area contributed by atoms with E-state index in [-0.39, 0.29) is 0 Å². The predicted molar refractivity (Wildman–Crippen MR) is 75.6 cm³/mol. The summed E-state index contributed by atoms with van der Waals surface area (Å²) < 4.78 is 0. The number of amides is 1. The molecule has 1 aliphatic heterocycles. The maximum absolute atomic E-state index is 12.1. The van der Waals surface area contributed by atoms with Gasteiger partial charge in [-0.05, 0) is 24.8 Å². The van der Waals surface area contributed by atoms with Crippen LogP contribution in [0.2, 0.25) is 0 Å². The molecule has 96 valence electrons. The summed E-state index contributed by atoms with van der Waals surface area (Å²) in [6, 6.07) is 10.7. The van der Waals surface area contributed by atoms with Crippen LogP contribution in [-0.2, 0) is 4.79 Å². The Morgan fingerprint density at radius 2 is 1.89 bits per heavy atom. The fourth-order valence-electron chi connectivity index (χ4n) is 2.51. The Bertz CT molecular complexity index is 416. The molecule has 0 aromatic heterocycles. The third-order valence-electron chi connectivity index (χ3n) is 3.75. The number of hydrogen-bond donors (Lipinski definition) is 0. The topological polar surface area (TPSA) is 20.3 Å². The number of carbonyl (C=O) groups excluding carboxylic acids is 1. The molecule has 1 saturated carbocycles. The summed E-state index contributed by atoms with van der Waals surface area (Å²) >= 11 is 2.00. The third-order valence-corrected chi connectivity index (χ3v) is 5.08. The number of carbonyl (C=O) groups is 1. The van der Waals surface area contributed by atoms with E-state index < -0.39 is 0 Å². The molecule has 1 atom stereocenters. The van der Waals surface area contributed by atoms with E-state index in [2.05, 4.69) is 35.2 Å². The molecule has 2 nitrogen and oxygen atoms in total. The summed E-state index contributed by atoms with van der Waals surface area (Å²) in [7, 11) is 0. The van der Waals surface area contributed by atoms with Crippen LogP contribution < -0.4 is 0 Å². The van der Waals surface area contributed by atoms with Gasteiger partial charge in [-0.25, -0.2) is 0 Å². The monoisotopic (exact) mass is 261 g/mol. The number of rotatable bonds is 2. The van der Waals surface area contributed by atoms with Gasteiger partial charge in [0.1, 0.15) is 0 Å². The molecule has 1 aliphatic carbocycles. The fraction of sp³-hybridized carbons (Fsp3) is 0.533. The Balaban J connectivity index is 1.63. The molecule has 0 bridgehead atoms. The van der Waals surface area contributed by atoms with E-state index in [0.717, 1.165) is 38.1 Å². The van der Waals surface area contributed by atoms with Gasteiger partial charge < -0.3 is 4.90 Å². The van der Waals surface area contributed by atoms with Crippen molar-refractivity contribution < 1.29 is 4.79 Å². The van der Waals surface area contributed by atoms with Gasteiger partial charge in [-0.3, -0.25) is 4.79 Å². The lowest BCUT2D eigenvalue weighted by Gasteiger charge is -2.20. The zero-order chi connectivity index (χ0) is 12.4. The average Bonchev–Trinajstić information content (AvgIpc) is 3.25. The lowest BCUT2D eigenvalue weighted by atomic mass is 10.1. The molecule has 1 aromatic carbocycles. The molecule has 1 amide bonds. The van der Waals surface area contributed by atoms with Crippen LogP contribution in [-0.4, -0.2) is 29.6 Å². The summed E-state index contributed by atoms with van der Waals surface area (Å²) in [5, 5.41) is 0.559. The lowest BCUT2D eigenvalue weighted by Crippen LogP contribution is -2.34. The first-order valence-electron chi connectivity index (χ1n) is 6.80. The molecule has 3 heteroatoms. The summed E-state index contributed by atoms with van der Waals surface area (Å²) in [4.78, 5) is 14.2. The molecule has 18 heavy (non-hydrogen) atoms. The first-order valence-corrected chi connectivity index (χ1v) is 7.85. The van der Waals surface area contributed by atoms with Gasteiger partial charge in [0.15, 0.2) is 0 Å². The molecular weight excluding hydrogens is 242 g/mol. The molecule has 0 unspecified atom stereocenters. The zero-order valence-corrected chi connectivity index (χ0v) is 11.4. The minimum absolute atomic E-state index is 0.364. The van der Waals surface area contributed by atoms with Crippen molar-refractivity contribution >= 4 is 17.7 Å². The lowest BCUT2D eigenvalue weighted by molar-refractivity contribution is -0.132. The molecule has 0 N–H and O–H groups in total. The number of nitrogens with zero attached hydrogens (tertiary/aromatic N) is 1. The highest BCUT2D eigenvalue weighted by molar-refractivity contribution is 7.99. The van der Waals surface area contributed by atoms with Crippen LogP contribution in [0.1, 0.15) is 30.1 Å². The Labute approximate surface area is 113 Å². The molecule has 1 heterocycles. The maximum Gasteiger partial charge on any atom is 0.225 e. The Morgan fingerprint density at radius 3 is 2.61 bits per heavy atom. The van der Waals surface area contributed by atoms with Crippen molar-refractivity contribution in [1.82, 2.24) is 4.90 Å². The molecule has 0 spiro atoms. The highest BCUT2D eigenvalue weighted by Gasteiger charge is 2.34. The van der Waals surface area contributed by atoms with Crippen molar-refractivity contribution in [3.05, 3.63) is 35.9 Å². The van der Waals surface area contributed by atoms with Gasteiger partial charge in [0, 0.05) is 30.0 Å². The van der Waals surface area contributed by atoms with Gasteiger partial charge in [0.25, 0.3) is 0 Å². The largest absolute Gasteiger partial charge is 0.342 e. The van der Waals surface area contributed by atoms with Crippen LogP contribution in [0.4, 0.5) is 0 Å². The van der Waals surface area contributed by atoms with Crippen molar-refractivity contribution in [3.8, 4) is 0 Å². The van der Waals surface area contributed by atoms with E-state index in [0.29, 0.717) is 17.1 Å². The quantitative estimate of drug-likeness (QED) is 0.815. The highest BCUT2D eigenvalue weighted by Crippen LogP contribution is 2.36. The molecule has 1 aromatic rings. The molecule has 2 fully saturated rings. The zero-order valence-electron chi connectivity index (χ0n) is 10.5. The van der Waals surface area contributed by atoms with Crippen molar-refractivity contribution in [2.24, 2.45) is 5.92 Å². The van der Waals surface area contributed by atoms with E-state index in [1.54, 1.807) is 0 Å². The molecule has 0 radical (unpaired) electrons. The SMILES string of the molecule is O=C(C1CC1)N1CCS[C@@H](c2ccccc2)CC1. The van der Waals surface area contributed by atoms with Crippen LogP contribution in [0.5, 0.6) is 0 Å². The van der Waals surface area contributed by atoms with Gasteiger partial charge in [-0.15, -0.1) is 0 Å². The second-order valence-corrected chi connectivity index (χ2v) is 6.47. The molecule has 2 aliphatic rings. The summed E-state index contributed by atoms with van der Waals surface area (Å²) in [5.74, 6) is 1.84. The van der Waals surface area contributed by atoms with Crippen molar-refractivity contribution in [1.29, 1.82) is 0 Å². The van der Waals surface area contributed by atoms with E-state index >= 15 is 0 Å². The molecule has 1 saturated heterocycles. The third kappa shape index (κ3) is 2.72. The minimum atomic E-state index is 0.364. The summed E-state index contributed by atoms with van der Waals surface area (Å²) in [6.45, 7) is 1.87. The fourth-order valence-corrected chi connectivity index (χ4v) is 3.74. The van der Waals surface area contributed by atoms with E-state index in [4.69, 9.17) is 0 Å². The molecule has 3 rings (SSSR count). The van der Waals surface area contributed by atoms with E-state index in [1.165, 1.54) is 5.56 Å². The van der Waals surface area contributed by atoms with Crippen molar-refractivity contribution in [3.63, 3.8) is 0 Å². The number of hydrogen-bond acceptors (Lipinski definition) is 2. The van der Waals surface area contributed by atoms with Crippen LogP contribution in [0, 0.1) is 5.92 Å². The average molecular weight is 261 g/mol.